The summed E-state index contributed by atoms with van der Waals surface area (Å²) in [5.41, 5.74) is 0.605. The lowest BCUT2D eigenvalue weighted by atomic mass is 10.4. The summed E-state index contributed by atoms with van der Waals surface area (Å²) >= 11 is 1.40. The largest absolute Gasteiger partial charge is 0.347 e. The lowest BCUT2D eigenvalue weighted by Gasteiger charge is -2.01. The van der Waals surface area contributed by atoms with Crippen molar-refractivity contribution in [2.45, 2.75) is 13.3 Å². The zero-order valence-corrected chi connectivity index (χ0v) is 9.91. The summed E-state index contributed by atoms with van der Waals surface area (Å²) in [4.78, 5) is 11.8. The number of carbonyl (C=O) groups is 1. The average Bonchev–Trinajstić information content (AvgIpc) is 2.86. The zero-order chi connectivity index (χ0) is 11.5. The molecule has 84 valence electrons. The van der Waals surface area contributed by atoms with Gasteiger partial charge in [-0.3, -0.25) is 10.1 Å². The van der Waals surface area contributed by atoms with Crippen molar-refractivity contribution in [3.8, 4) is 0 Å². The second kappa shape index (κ2) is 4.44. The third-order valence-corrected chi connectivity index (χ3v) is 3.15. The lowest BCUT2D eigenvalue weighted by molar-refractivity contribution is 0.101. The highest BCUT2D eigenvalue weighted by molar-refractivity contribution is 7.15. The van der Waals surface area contributed by atoms with Gasteiger partial charge in [0, 0.05) is 13.2 Å². The molecule has 0 saturated heterocycles. The Hall–Kier alpha value is -1.69. The normalized spacial score (nSPS) is 10.4. The first-order valence-corrected chi connectivity index (χ1v) is 5.77. The van der Waals surface area contributed by atoms with Gasteiger partial charge in [-0.1, -0.05) is 18.3 Å². The van der Waals surface area contributed by atoms with E-state index in [0.29, 0.717) is 10.8 Å². The maximum atomic E-state index is 11.8. The molecule has 0 bridgehead atoms. The molecule has 16 heavy (non-hydrogen) atoms. The van der Waals surface area contributed by atoms with Crippen LogP contribution < -0.4 is 5.32 Å². The summed E-state index contributed by atoms with van der Waals surface area (Å²) in [5.74, 6) is -0.161. The Balaban J connectivity index is 2.11. The van der Waals surface area contributed by atoms with E-state index in [0.717, 1.165) is 11.4 Å². The molecule has 0 fully saturated rings. The average molecular weight is 236 g/mol. The van der Waals surface area contributed by atoms with Crippen LogP contribution in [0.25, 0.3) is 0 Å². The second-order valence-electron chi connectivity index (χ2n) is 3.31. The summed E-state index contributed by atoms with van der Waals surface area (Å²) in [6.45, 7) is 2.00. The van der Waals surface area contributed by atoms with E-state index >= 15 is 0 Å². The Morgan fingerprint density at radius 2 is 2.38 bits per heavy atom. The minimum absolute atomic E-state index is 0.161. The van der Waals surface area contributed by atoms with Gasteiger partial charge >= 0.3 is 0 Å². The Morgan fingerprint density at radius 1 is 1.56 bits per heavy atom. The summed E-state index contributed by atoms with van der Waals surface area (Å²) in [6.07, 6.45) is 2.66. The van der Waals surface area contributed by atoms with Gasteiger partial charge in [-0.05, 0) is 18.6 Å². The quantitative estimate of drug-likeness (QED) is 0.882. The van der Waals surface area contributed by atoms with Crippen LogP contribution in [-0.2, 0) is 13.5 Å². The fraction of sp³-hybridized carbons (Fsp3) is 0.300. The van der Waals surface area contributed by atoms with E-state index in [1.807, 2.05) is 26.2 Å². The van der Waals surface area contributed by atoms with Crippen molar-refractivity contribution in [2.24, 2.45) is 7.05 Å². The van der Waals surface area contributed by atoms with Gasteiger partial charge in [-0.15, -0.1) is 10.2 Å². The van der Waals surface area contributed by atoms with E-state index in [1.54, 1.807) is 10.6 Å². The Kier molecular flexibility index (Phi) is 3.00. The fourth-order valence-corrected chi connectivity index (χ4v) is 1.98. The molecule has 0 atom stereocenters. The predicted octanol–water partition coefficient (Wildman–Crippen LogP) is 1.69. The number of nitrogens with zero attached hydrogens (tertiary/aromatic N) is 3. The van der Waals surface area contributed by atoms with Crippen LogP contribution >= 0.6 is 11.3 Å². The number of aryl methyl sites for hydroxylation is 2. The van der Waals surface area contributed by atoms with Crippen LogP contribution in [0.3, 0.4) is 0 Å². The van der Waals surface area contributed by atoms with Crippen molar-refractivity contribution in [3.63, 3.8) is 0 Å². The van der Waals surface area contributed by atoms with Gasteiger partial charge in [0.2, 0.25) is 5.13 Å². The van der Waals surface area contributed by atoms with Crippen LogP contribution in [0.4, 0.5) is 5.13 Å². The van der Waals surface area contributed by atoms with Gasteiger partial charge in [0.05, 0.1) is 0 Å². The molecule has 2 heterocycles. The number of nitrogens with one attached hydrogen (secondary N) is 1. The highest BCUT2D eigenvalue weighted by Crippen LogP contribution is 2.16. The van der Waals surface area contributed by atoms with Crippen molar-refractivity contribution >= 4 is 22.4 Å². The zero-order valence-electron chi connectivity index (χ0n) is 9.10. The van der Waals surface area contributed by atoms with Gasteiger partial charge in [0.25, 0.3) is 5.91 Å². The Morgan fingerprint density at radius 3 is 2.94 bits per heavy atom. The summed E-state index contributed by atoms with van der Waals surface area (Å²) in [6, 6.07) is 3.59. The van der Waals surface area contributed by atoms with Crippen LogP contribution in [0.2, 0.25) is 0 Å². The van der Waals surface area contributed by atoms with Gasteiger partial charge < -0.3 is 4.57 Å². The third kappa shape index (κ3) is 2.11. The van der Waals surface area contributed by atoms with E-state index in [-0.39, 0.29) is 5.91 Å². The standard InChI is InChI=1S/C10H12N4OS/c1-3-8-12-13-10(16-8)11-9(15)7-5-4-6-14(7)2/h4-6H,3H2,1-2H3,(H,11,13,15). The highest BCUT2D eigenvalue weighted by Gasteiger charge is 2.11. The van der Waals surface area contributed by atoms with Gasteiger partial charge in [-0.25, -0.2) is 0 Å². The molecule has 0 aliphatic rings. The molecule has 2 aromatic heterocycles. The number of rotatable bonds is 3. The van der Waals surface area contributed by atoms with Gasteiger partial charge in [0.15, 0.2) is 0 Å². The van der Waals surface area contributed by atoms with Crippen LogP contribution in [-0.4, -0.2) is 20.7 Å². The second-order valence-corrected chi connectivity index (χ2v) is 4.38. The smallest absolute Gasteiger partial charge is 0.274 e. The number of amides is 1. The monoisotopic (exact) mass is 236 g/mol. The van der Waals surface area contributed by atoms with Gasteiger partial charge in [0.1, 0.15) is 10.7 Å². The molecular weight excluding hydrogens is 224 g/mol. The molecule has 1 amide bonds. The van der Waals surface area contributed by atoms with Crippen molar-refractivity contribution in [1.29, 1.82) is 0 Å². The molecule has 0 aromatic carbocycles. The van der Waals surface area contributed by atoms with Crippen molar-refractivity contribution in [1.82, 2.24) is 14.8 Å². The first-order valence-electron chi connectivity index (χ1n) is 4.95. The molecule has 0 radical (unpaired) electrons. The van der Waals surface area contributed by atoms with Crippen molar-refractivity contribution < 1.29 is 4.79 Å². The summed E-state index contributed by atoms with van der Waals surface area (Å²) < 4.78 is 1.76. The van der Waals surface area contributed by atoms with E-state index < -0.39 is 0 Å². The van der Waals surface area contributed by atoms with Gasteiger partial charge in [-0.2, -0.15) is 0 Å². The number of carbonyl (C=O) groups excluding carboxylic acids is 1. The first kappa shape index (κ1) is 10.8. The maximum absolute atomic E-state index is 11.8. The predicted molar refractivity (Wildman–Crippen MR) is 62.7 cm³/mol. The topological polar surface area (TPSA) is 59.8 Å². The van der Waals surface area contributed by atoms with Crippen LogP contribution in [0.15, 0.2) is 18.3 Å². The highest BCUT2D eigenvalue weighted by atomic mass is 32.1. The third-order valence-electron chi connectivity index (χ3n) is 2.17. The first-order chi connectivity index (χ1) is 7.70. The van der Waals surface area contributed by atoms with Crippen molar-refractivity contribution in [2.75, 3.05) is 5.32 Å². The van der Waals surface area contributed by atoms with Crippen LogP contribution in [0, 0.1) is 0 Å². The molecule has 0 spiro atoms. The SMILES string of the molecule is CCc1nnc(NC(=O)c2cccn2C)s1. The molecule has 6 heteroatoms. The van der Waals surface area contributed by atoms with Crippen LogP contribution in [0.1, 0.15) is 22.4 Å². The Bertz CT molecular complexity index is 502. The lowest BCUT2D eigenvalue weighted by Crippen LogP contribution is -2.15. The number of anilines is 1. The number of hydrogen-bond acceptors (Lipinski definition) is 4. The maximum Gasteiger partial charge on any atom is 0.274 e. The molecule has 0 aliphatic carbocycles. The minimum atomic E-state index is -0.161. The Labute approximate surface area is 97.1 Å². The molecule has 1 N–H and O–H groups in total. The molecular formula is C10H12N4OS. The minimum Gasteiger partial charge on any atom is -0.347 e. The van der Waals surface area contributed by atoms with Crippen LogP contribution in [0.5, 0.6) is 0 Å². The number of aromatic nitrogens is 3. The fourth-order valence-electron chi connectivity index (χ4n) is 1.31. The molecule has 0 aliphatic heterocycles. The summed E-state index contributed by atoms with van der Waals surface area (Å²) in [5, 5.41) is 12.0. The van der Waals surface area contributed by atoms with Crippen molar-refractivity contribution in [3.05, 3.63) is 29.0 Å². The van der Waals surface area contributed by atoms with E-state index in [4.69, 9.17) is 0 Å². The molecule has 2 aromatic rings. The summed E-state index contributed by atoms with van der Waals surface area (Å²) in [7, 11) is 1.83. The molecule has 0 unspecified atom stereocenters. The van der Waals surface area contributed by atoms with E-state index in [2.05, 4.69) is 15.5 Å². The molecule has 5 nitrogen and oxygen atoms in total. The van der Waals surface area contributed by atoms with E-state index in [1.165, 1.54) is 11.3 Å². The molecule has 2 rings (SSSR count). The van der Waals surface area contributed by atoms with E-state index in [9.17, 15) is 4.79 Å². The number of hydrogen-bond donors (Lipinski definition) is 1. The molecule has 0 saturated carbocycles.